The summed E-state index contributed by atoms with van der Waals surface area (Å²) in [4.78, 5) is 2.28. The van der Waals surface area contributed by atoms with Gasteiger partial charge in [-0.05, 0) is 25.0 Å². The van der Waals surface area contributed by atoms with Crippen LogP contribution < -0.4 is 0 Å². The van der Waals surface area contributed by atoms with E-state index in [4.69, 9.17) is 0 Å². The average Bonchev–Trinajstić information content (AvgIpc) is 2.30. The van der Waals surface area contributed by atoms with Crippen molar-refractivity contribution in [2.24, 2.45) is 0 Å². The summed E-state index contributed by atoms with van der Waals surface area (Å²) >= 11 is 0. The fourth-order valence-electron chi connectivity index (χ4n) is 2.26. The first-order valence-corrected chi connectivity index (χ1v) is 5.99. The highest BCUT2D eigenvalue weighted by Gasteiger charge is 2.18. The van der Waals surface area contributed by atoms with Crippen molar-refractivity contribution in [3.05, 3.63) is 48.2 Å². The molecular weight excluding hydrogens is 194 g/mol. The third-order valence-electron chi connectivity index (χ3n) is 3.18. The Balaban J connectivity index is 2.27. The number of hydrogen-bond donors (Lipinski definition) is 0. The number of fused-ring (bicyclic) bond motifs is 1. The minimum absolute atomic E-state index is 0.530. The molecule has 0 aromatic heterocycles. The van der Waals surface area contributed by atoms with Gasteiger partial charge in [-0.3, -0.25) is 0 Å². The maximum absolute atomic E-state index is 4.21. The van der Waals surface area contributed by atoms with Crippen molar-refractivity contribution in [2.45, 2.75) is 32.7 Å². The molecule has 1 unspecified atom stereocenters. The van der Waals surface area contributed by atoms with Gasteiger partial charge in [-0.15, -0.1) is 0 Å². The second-order valence-electron chi connectivity index (χ2n) is 4.39. The summed E-state index contributed by atoms with van der Waals surface area (Å²) in [5, 5.41) is 0. The molecule has 0 bridgehead atoms. The van der Waals surface area contributed by atoms with Gasteiger partial charge in [-0.1, -0.05) is 44.2 Å². The zero-order chi connectivity index (χ0) is 11.5. The number of nitrogens with zero attached hydrogens (tertiary/aromatic N) is 1. The molecule has 1 aliphatic heterocycles. The lowest BCUT2D eigenvalue weighted by Crippen LogP contribution is -2.27. The van der Waals surface area contributed by atoms with Gasteiger partial charge in [0.15, 0.2) is 0 Å². The molecule has 1 aromatic carbocycles. The van der Waals surface area contributed by atoms with Crippen LogP contribution in [0.2, 0.25) is 0 Å². The van der Waals surface area contributed by atoms with Crippen molar-refractivity contribution < 1.29 is 0 Å². The van der Waals surface area contributed by atoms with Gasteiger partial charge in [-0.25, -0.2) is 0 Å². The smallest absolute Gasteiger partial charge is 0.0415 e. The van der Waals surface area contributed by atoms with Gasteiger partial charge in [0.2, 0.25) is 0 Å². The normalized spacial score (nSPS) is 16.1. The van der Waals surface area contributed by atoms with Crippen molar-refractivity contribution in [3.63, 3.8) is 0 Å². The van der Waals surface area contributed by atoms with Crippen molar-refractivity contribution in [1.29, 1.82) is 0 Å². The van der Waals surface area contributed by atoms with E-state index in [2.05, 4.69) is 61.9 Å². The maximum Gasteiger partial charge on any atom is 0.0415 e. The topological polar surface area (TPSA) is 3.24 Å². The van der Waals surface area contributed by atoms with Crippen molar-refractivity contribution in [2.75, 3.05) is 0 Å². The van der Waals surface area contributed by atoms with Crippen molar-refractivity contribution >= 4 is 11.8 Å². The Hall–Kier alpha value is -1.50. The van der Waals surface area contributed by atoms with Crippen LogP contribution in [0.15, 0.2) is 37.0 Å². The molecule has 84 valence electrons. The molecule has 2 rings (SSSR count). The summed E-state index contributed by atoms with van der Waals surface area (Å²) in [6.45, 7) is 8.69. The standard InChI is InChI=1S/C15H19N/c1-4-7-12(2)16-11-10-14-8-5-6-9-15(14)13(16)3/h5-6,8-12H,3-4,7H2,1-2H3. The summed E-state index contributed by atoms with van der Waals surface area (Å²) in [6, 6.07) is 8.96. The Kier molecular flexibility index (Phi) is 3.14. The molecule has 0 fully saturated rings. The SMILES string of the molecule is C=C1c2ccccc2C=CN1C(C)CCC. The molecule has 1 heteroatoms. The van der Waals surface area contributed by atoms with E-state index < -0.39 is 0 Å². The lowest BCUT2D eigenvalue weighted by Gasteiger charge is -2.33. The van der Waals surface area contributed by atoms with E-state index in [9.17, 15) is 0 Å². The third kappa shape index (κ3) is 1.90. The van der Waals surface area contributed by atoms with E-state index in [1.807, 2.05) is 0 Å². The summed E-state index contributed by atoms with van der Waals surface area (Å²) in [5.41, 5.74) is 3.65. The highest BCUT2D eigenvalue weighted by Crippen LogP contribution is 2.30. The molecule has 1 atom stereocenters. The van der Waals surface area contributed by atoms with Gasteiger partial charge in [0, 0.05) is 23.5 Å². The van der Waals surface area contributed by atoms with E-state index >= 15 is 0 Å². The summed E-state index contributed by atoms with van der Waals surface area (Å²) in [7, 11) is 0. The van der Waals surface area contributed by atoms with Gasteiger partial charge in [-0.2, -0.15) is 0 Å². The van der Waals surface area contributed by atoms with Gasteiger partial charge in [0.25, 0.3) is 0 Å². The van der Waals surface area contributed by atoms with Crippen LogP contribution in [0.1, 0.15) is 37.8 Å². The molecule has 1 heterocycles. The minimum atomic E-state index is 0.530. The van der Waals surface area contributed by atoms with E-state index in [1.54, 1.807) is 0 Å². The Morgan fingerprint density at radius 3 is 2.81 bits per heavy atom. The predicted molar refractivity (Wildman–Crippen MR) is 70.7 cm³/mol. The molecule has 0 radical (unpaired) electrons. The Morgan fingerprint density at radius 2 is 2.06 bits per heavy atom. The fraction of sp³-hybridized carbons (Fsp3) is 0.333. The van der Waals surface area contributed by atoms with E-state index in [-0.39, 0.29) is 0 Å². The average molecular weight is 213 g/mol. The molecule has 0 aliphatic carbocycles. The van der Waals surface area contributed by atoms with E-state index in [0.717, 1.165) is 5.70 Å². The first-order chi connectivity index (χ1) is 7.74. The van der Waals surface area contributed by atoms with Crippen molar-refractivity contribution in [3.8, 4) is 0 Å². The summed E-state index contributed by atoms with van der Waals surface area (Å²) in [5.74, 6) is 0. The van der Waals surface area contributed by atoms with Gasteiger partial charge in [0.1, 0.15) is 0 Å². The van der Waals surface area contributed by atoms with E-state index in [1.165, 1.54) is 24.0 Å². The maximum atomic E-state index is 4.21. The van der Waals surface area contributed by atoms with Crippen LogP contribution in [0, 0.1) is 0 Å². The second kappa shape index (κ2) is 4.56. The third-order valence-corrected chi connectivity index (χ3v) is 3.18. The number of hydrogen-bond acceptors (Lipinski definition) is 1. The zero-order valence-corrected chi connectivity index (χ0v) is 10.1. The Bertz CT molecular complexity index is 417. The predicted octanol–water partition coefficient (Wildman–Crippen LogP) is 4.13. The minimum Gasteiger partial charge on any atom is -0.345 e. The number of benzene rings is 1. The molecule has 1 nitrogen and oxygen atoms in total. The largest absolute Gasteiger partial charge is 0.345 e. The quantitative estimate of drug-likeness (QED) is 0.729. The highest BCUT2D eigenvalue weighted by molar-refractivity contribution is 5.76. The zero-order valence-electron chi connectivity index (χ0n) is 10.1. The van der Waals surface area contributed by atoms with Crippen LogP contribution in [-0.4, -0.2) is 10.9 Å². The van der Waals surface area contributed by atoms with Gasteiger partial charge in [0.05, 0.1) is 0 Å². The van der Waals surface area contributed by atoms with Crippen molar-refractivity contribution in [1.82, 2.24) is 4.90 Å². The molecule has 0 spiro atoms. The summed E-state index contributed by atoms with van der Waals surface area (Å²) < 4.78 is 0. The van der Waals surface area contributed by atoms with Crippen LogP contribution in [0.5, 0.6) is 0 Å². The van der Waals surface area contributed by atoms with Crippen LogP contribution in [-0.2, 0) is 0 Å². The summed E-state index contributed by atoms with van der Waals surface area (Å²) in [6.07, 6.45) is 6.74. The molecule has 0 N–H and O–H groups in total. The lowest BCUT2D eigenvalue weighted by atomic mass is 9.99. The van der Waals surface area contributed by atoms with Gasteiger partial charge < -0.3 is 4.90 Å². The van der Waals surface area contributed by atoms with Crippen LogP contribution in [0.4, 0.5) is 0 Å². The number of rotatable bonds is 3. The second-order valence-corrected chi connectivity index (χ2v) is 4.39. The molecule has 1 aliphatic rings. The molecule has 0 saturated heterocycles. The van der Waals surface area contributed by atoms with Crippen LogP contribution >= 0.6 is 0 Å². The fourth-order valence-corrected chi connectivity index (χ4v) is 2.26. The van der Waals surface area contributed by atoms with Gasteiger partial charge >= 0.3 is 0 Å². The Morgan fingerprint density at radius 1 is 1.31 bits per heavy atom. The van der Waals surface area contributed by atoms with Crippen LogP contribution in [0.25, 0.3) is 11.8 Å². The molecule has 16 heavy (non-hydrogen) atoms. The van der Waals surface area contributed by atoms with E-state index in [0.29, 0.717) is 6.04 Å². The first kappa shape index (κ1) is 11.0. The molecule has 0 saturated carbocycles. The first-order valence-electron chi connectivity index (χ1n) is 5.99. The molecule has 1 aromatic rings. The molecule has 0 amide bonds. The highest BCUT2D eigenvalue weighted by atomic mass is 15.1. The lowest BCUT2D eigenvalue weighted by molar-refractivity contribution is 0.384. The molecular formula is C15H19N. The van der Waals surface area contributed by atoms with Crippen LogP contribution in [0.3, 0.4) is 0 Å². The monoisotopic (exact) mass is 213 g/mol. The Labute approximate surface area is 98.1 Å².